The van der Waals surface area contributed by atoms with Crippen molar-refractivity contribution in [2.75, 3.05) is 20.2 Å². The van der Waals surface area contributed by atoms with E-state index in [2.05, 4.69) is 11.8 Å². The van der Waals surface area contributed by atoms with Crippen molar-refractivity contribution in [2.45, 2.75) is 44.4 Å². The van der Waals surface area contributed by atoms with Gasteiger partial charge in [-0.1, -0.05) is 0 Å². The first-order chi connectivity index (χ1) is 6.74. The normalized spacial score (nSPS) is 43.9. The molecule has 82 valence electrons. The van der Waals surface area contributed by atoms with Gasteiger partial charge in [0.25, 0.3) is 0 Å². The fourth-order valence-corrected chi connectivity index (χ4v) is 2.85. The minimum absolute atomic E-state index is 0.518. The largest absolute Gasteiger partial charge is 0.381 e. The Hall–Kier alpha value is -0.120. The van der Waals surface area contributed by atoms with Gasteiger partial charge in [-0.15, -0.1) is 0 Å². The van der Waals surface area contributed by atoms with Crippen LogP contribution < -0.4 is 5.73 Å². The number of hydrogen-bond acceptors (Lipinski definition) is 3. The molecule has 1 aliphatic heterocycles. The zero-order valence-electron chi connectivity index (χ0n) is 9.28. The lowest BCUT2D eigenvalue weighted by molar-refractivity contribution is -0.0299. The average Bonchev–Trinajstić information content (AvgIpc) is 2.46. The minimum atomic E-state index is 0.518. The molecule has 0 aromatic heterocycles. The van der Waals surface area contributed by atoms with Gasteiger partial charge in [0.05, 0.1) is 6.10 Å². The molecule has 2 rings (SSSR count). The third-order valence-corrected chi connectivity index (χ3v) is 3.92. The van der Waals surface area contributed by atoms with Crippen LogP contribution in [0.1, 0.15) is 26.2 Å². The first kappa shape index (κ1) is 10.4. The fraction of sp³-hybridized carbons (Fsp3) is 1.00. The maximum atomic E-state index is 5.72. The molecule has 1 heterocycles. The highest BCUT2D eigenvalue weighted by molar-refractivity contribution is 4.94. The number of methoxy groups -OCH3 is 1. The summed E-state index contributed by atoms with van der Waals surface area (Å²) in [7, 11) is 1.82. The number of nitrogens with two attached hydrogens (primary N) is 1. The quantitative estimate of drug-likeness (QED) is 0.730. The second-order valence-corrected chi connectivity index (χ2v) is 4.87. The first-order valence-corrected chi connectivity index (χ1v) is 5.73. The Balaban J connectivity index is 1.82. The summed E-state index contributed by atoms with van der Waals surface area (Å²) in [5.74, 6) is 0.728. The number of nitrogens with zero attached hydrogens (tertiary/aromatic N) is 1. The summed E-state index contributed by atoms with van der Waals surface area (Å²) < 4.78 is 5.31. The van der Waals surface area contributed by atoms with Crippen LogP contribution in [0.3, 0.4) is 0 Å². The van der Waals surface area contributed by atoms with E-state index < -0.39 is 0 Å². The third kappa shape index (κ3) is 1.81. The van der Waals surface area contributed by atoms with Gasteiger partial charge in [-0.3, -0.25) is 4.90 Å². The molecule has 2 fully saturated rings. The molecule has 3 nitrogen and oxygen atoms in total. The van der Waals surface area contributed by atoms with Gasteiger partial charge in [0.15, 0.2) is 0 Å². The number of hydrogen-bond donors (Lipinski definition) is 1. The Morgan fingerprint density at radius 1 is 1.36 bits per heavy atom. The molecular weight excluding hydrogens is 176 g/mol. The van der Waals surface area contributed by atoms with Crippen molar-refractivity contribution in [1.29, 1.82) is 0 Å². The number of ether oxygens (including phenoxy) is 1. The topological polar surface area (TPSA) is 38.5 Å². The van der Waals surface area contributed by atoms with E-state index in [0.29, 0.717) is 6.10 Å². The lowest BCUT2D eigenvalue weighted by atomic mass is 9.87. The van der Waals surface area contributed by atoms with E-state index in [-0.39, 0.29) is 0 Å². The molecule has 2 unspecified atom stereocenters. The van der Waals surface area contributed by atoms with Crippen molar-refractivity contribution < 1.29 is 4.74 Å². The smallest absolute Gasteiger partial charge is 0.0601 e. The summed E-state index contributed by atoms with van der Waals surface area (Å²) in [6.07, 6.45) is 4.24. The third-order valence-electron chi connectivity index (χ3n) is 3.92. The summed E-state index contributed by atoms with van der Waals surface area (Å²) in [6, 6.07) is 1.50. The fourth-order valence-electron chi connectivity index (χ4n) is 2.85. The highest BCUT2D eigenvalue weighted by atomic mass is 16.5. The van der Waals surface area contributed by atoms with E-state index in [9.17, 15) is 0 Å². The molecule has 2 atom stereocenters. The first-order valence-electron chi connectivity index (χ1n) is 5.73. The SMILES string of the molecule is COC1CC(N2CC(CN)CC2C)C1. The molecule has 3 heteroatoms. The van der Waals surface area contributed by atoms with E-state index in [0.717, 1.165) is 24.5 Å². The summed E-state index contributed by atoms with van der Waals surface area (Å²) in [6.45, 7) is 4.38. The van der Waals surface area contributed by atoms with Crippen LogP contribution in [0.15, 0.2) is 0 Å². The molecule has 0 spiro atoms. The molecule has 0 aromatic carbocycles. The van der Waals surface area contributed by atoms with Crippen LogP contribution in [0.5, 0.6) is 0 Å². The van der Waals surface area contributed by atoms with Gasteiger partial charge in [0.1, 0.15) is 0 Å². The van der Waals surface area contributed by atoms with Crippen molar-refractivity contribution in [2.24, 2.45) is 11.7 Å². The molecule has 1 saturated carbocycles. The van der Waals surface area contributed by atoms with Crippen molar-refractivity contribution in [3.05, 3.63) is 0 Å². The molecular formula is C11H22N2O. The average molecular weight is 198 g/mol. The van der Waals surface area contributed by atoms with Crippen LogP contribution in [-0.2, 0) is 4.74 Å². The summed E-state index contributed by atoms with van der Waals surface area (Å²) in [5.41, 5.74) is 5.72. The lowest BCUT2D eigenvalue weighted by Crippen LogP contribution is -2.49. The Kier molecular flexibility index (Phi) is 3.10. The Morgan fingerprint density at radius 3 is 2.57 bits per heavy atom. The number of likely N-dealkylation sites (tertiary alicyclic amines) is 1. The predicted molar refractivity (Wildman–Crippen MR) is 57.1 cm³/mol. The second kappa shape index (κ2) is 4.17. The van der Waals surface area contributed by atoms with Gasteiger partial charge in [-0.25, -0.2) is 0 Å². The monoisotopic (exact) mass is 198 g/mol. The van der Waals surface area contributed by atoms with Gasteiger partial charge in [-0.05, 0) is 38.6 Å². The summed E-state index contributed by atoms with van der Waals surface area (Å²) >= 11 is 0. The predicted octanol–water partition coefficient (Wildman–Crippen LogP) is 0.833. The van der Waals surface area contributed by atoms with Gasteiger partial charge < -0.3 is 10.5 Å². The molecule has 1 aliphatic carbocycles. The molecule has 1 saturated heterocycles. The maximum Gasteiger partial charge on any atom is 0.0601 e. The zero-order valence-corrected chi connectivity index (χ0v) is 9.28. The van der Waals surface area contributed by atoms with Gasteiger partial charge in [-0.2, -0.15) is 0 Å². The Labute approximate surface area is 86.6 Å². The molecule has 14 heavy (non-hydrogen) atoms. The van der Waals surface area contributed by atoms with Crippen LogP contribution >= 0.6 is 0 Å². The van der Waals surface area contributed by atoms with E-state index in [1.54, 1.807) is 0 Å². The van der Waals surface area contributed by atoms with Crippen molar-refractivity contribution in [3.63, 3.8) is 0 Å². The van der Waals surface area contributed by atoms with E-state index in [1.165, 1.54) is 25.8 Å². The van der Waals surface area contributed by atoms with Crippen LogP contribution in [0.2, 0.25) is 0 Å². The number of rotatable bonds is 3. The lowest BCUT2D eigenvalue weighted by Gasteiger charge is -2.42. The van der Waals surface area contributed by atoms with Gasteiger partial charge in [0.2, 0.25) is 0 Å². The molecule has 2 aliphatic rings. The van der Waals surface area contributed by atoms with E-state index in [4.69, 9.17) is 10.5 Å². The standard InChI is InChI=1S/C11H22N2O/c1-8-3-9(6-12)7-13(8)10-4-11(5-10)14-2/h8-11H,3-7,12H2,1-2H3. The molecule has 2 N–H and O–H groups in total. The van der Waals surface area contributed by atoms with E-state index in [1.807, 2.05) is 7.11 Å². The highest BCUT2D eigenvalue weighted by Crippen LogP contribution is 2.34. The Bertz CT molecular complexity index is 192. The summed E-state index contributed by atoms with van der Waals surface area (Å²) in [5, 5.41) is 0. The Morgan fingerprint density at radius 2 is 2.07 bits per heavy atom. The van der Waals surface area contributed by atoms with Crippen molar-refractivity contribution in [3.8, 4) is 0 Å². The molecule has 0 radical (unpaired) electrons. The van der Waals surface area contributed by atoms with Crippen molar-refractivity contribution >= 4 is 0 Å². The summed E-state index contributed by atoms with van der Waals surface area (Å²) in [4.78, 5) is 2.63. The van der Waals surface area contributed by atoms with Crippen LogP contribution in [0.25, 0.3) is 0 Å². The molecule has 0 amide bonds. The minimum Gasteiger partial charge on any atom is -0.381 e. The van der Waals surface area contributed by atoms with Crippen LogP contribution in [0, 0.1) is 5.92 Å². The zero-order chi connectivity index (χ0) is 10.1. The maximum absolute atomic E-state index is 5.72. The highest BCUT2D eigenvalue weighted by Gasteiger charge is 2.39. The van der Waals surface area contributed by atoms with Gasteiger partial charge >= 0.3 is 0 Å². The van der Waals surface area contributed by atoms with Crippen molar-refractivity contribution in [1.82, 2.24) is 4.90 Å². The molecule has 0 aromatic rings. The van der Waals surface area contributed by atoms with E-state index >= 15 is 0 Å². The van der Waals surface area contributed by atoms with Crippen LogP contribution in [-0.4, -0.2) is 43.3 Å². The van der Waals surface area contributed by atoms with Gasteiger partial charge in [0, 0.05) is 25.7 Å². The second-order valence-electron chi connectivity index (χ2n) is 4.87. The van der Waals surface area contributed by atoms with Crippen LogP contribution in [0.4, 0.5) is 0 Å². The molecule has 0 bridgehead atoms.